The first-order valence-electron chi connectivity index (χ1n) is 13.6. The van der Waals surface area contributed by atoms with E-state index < -0.39 is 0 Å². The minimum Gasteiger partial charge on any atom is -0.380 e. The molecule has 0 spiro atoms. The smallest absolute Gasteiger partial charge is 0.246 e. The predicted molar refractivity (Wildman–Crippen MR) is 153 cm³/mol. The van der Waals surface area contributed by atoms with E-state index in [0.29, 0.717) is 6.54 Å². The molecule has 4 rings (SSSR count). The molecule has 3 aromatic rings. The first kappa shape index (κ1) is 28.9. The van der Waals surface area contributed by atoms with Crippen molar-refractivity contribution in [2.45, 2.75) is 65.6 Å². The second-order valence-corrected chi connectivity index (χ2v) is 11.1. The standard InChI is InChI=1S/C30H38N6O4/c1-20(2)32-26(38)15-17-40-16-14-25(37)31-18-27(39)35-19-21-10-6-7-11-22(21)28-29(23-12-8-9-13-24(23)35)36(34-33-28)30(3,4)5/h6-13,20H,14-19H2,1-5H3,(H,31,37)(H,32,38). The van der Waals surface area contributed by atoms with Gasteiger partial charge in [-0.05, 0) is 46.2 Å². The number of hydrogen-bond donors (Lipinski definition) is 2. The number of aromatic nitrogens is 3. The van der Waals surface area contributed by atoms with Gasteiger partial charge < -0.3 is 20.3 Å². The molecular formula is C30H38N6O4. The first-order chi connectivity index (χ1) is 19.1. The van der Waals surface area contributed by atoms with Crippen molar-refractivity contribution in [1.29, 1.82) is 0 Å². The van der Waals surface area contributed by atoms with Crippen molar-refractivity contribution in [3.63, 3.8) is 0 Å². The number of ether oxygens (including phenoxy) is 1. The van der Waals surface area contributed by atoms with E-state index >= 15 is 0 Å². The van der Waals surface area contributed by atoms with Crippen LogP contribution in [0.25, 0.3) is 22.5 Å². The third-order valence-electron chi connectivity index (χ3n) is 6.49. The van der Waals surface area contributed by atoms with Gasteiger partial charge in [-0.15, -0.1) is 5.10 Å². The second kappa shape index (κ2) is 12.4. The van der Waals surface area contributed by atoms with Crippen LogP contribution in [0.1, 0.15) is 53.0 Å². The number of hydrogen-bond acceptors (Lipinski definition) is 6. The molecule has 10 nitrogen and oxygen atoms in total. The van der Waals surface area contributed by atoms with E-state index in [1.54, 1.807) is 4.90 Å². The highest BCUT2D eigenvalue weighted by Gasteiger charge is 2.31. The molecule has 1 aliphatic heterocycles. The van der Waals surface area contributed by atoms with E-state index in [4.69, 9.17) is 4.74 Å². The summed E-state index contributed by atoms with van der Waals surface area (Å²) in [7, 11) is 0. The highest BCUT2D eigenvalue weighted by atomic mass is 16.5. The predicted octanol–water partition coefficient (Wildman–Crippen LogP) is 3.65. The topological polar surface area (TPSA) is 118 Å². The van der Waals surface area contributed by atoms with Crippen molar-refractivity contribution >= 4 is 23.4 Å². The fraction of sp³-hybridized carbons (Fsp3) is 0.433. The zero-order chi connectivity index (χ0) is 28.9. The van der Waals surface area contributed by atoms with Gasteiger partial charge in [0, 0.05) is 30.0 Å². The molecule has 1 aromatic heterocycles. The Kier molecular flexibility index (Phi) is 8.99. The largest absolute Gasteiger partial charge is 0.380 e. The van der Waals surface area contributed by atoms with Gasteiger partial charge in [-0.1, -0.05) is 47.7 Å². The molecule has 2 N–H and O–H groups in total. The van der Waals surface area contributed by atoms with Crippen molar-refractivity contribution < 1.29 is 19.1 Å². The van der Waals surface area contributed by atoms with E-state index in [9.17, 15) is 14.4 Å². The Morgan fingerprint density at radius 1 is 0.950 bits per heavy atom. The van der Waals surface area contributed by atoms with E-state index in [1.807, 2.05) is 67.1 Å². The lowest BCUT2D eigenvalue weighted by Crippen LogP contribution is -2.41. The van der Waals surface area contributed by atoms with E-state index in [-0.39, 0.29) is 61.9 Å². The van der Waals surface area contributed by atoms with Crippen LogP contribution in [0.2, 0.25) is 0 Å². The van der Waals surface area contributed by atoms with Crippen LogP contribution in [0.4, 0.5) is 5.69 Å². The van der Waals surface area contributed by atoms with Crippen molar-refractivity contribution in [3.05, 3.63) is 54.1 Å². The van der Waals surface area contributed by atoms with Gasteiger partial charge in [-0.2, -0.15) is 0 Å². The molecule has 2 heterocycles. The maximum atomic E-state index is 13.6. The van der Waals surface area contributed by atoms with Crippen LogP contribution in [-0.2, 0) is 31.2 Å². The Morgan fingerprint density at radius 2 is 1.60 bits per heavy atom. The van der Waals surface area contributed by atoms with Crippen LogP contribution in [0.5, 0.6) is 0 Å². The number of nitrogens with zero attached hydrogens (tertiary/aromatic N) is 4. The molecule has 40 heavy (non-hydrogen) atoms. The van der Waals surface area contributed by atoms with Gasteiger partial charge in [0.15, 0.2) is 0 Å². The first-order valence-corrected chi connectivity index (χ1v) is 13.6. The van der Waals surface area contributed by atoms with Gasteiger partial charge in [0.2, 0.25) is 17.7 Å². The average molecular weight is 547 g/mol. The highest BCUT2D eigenvalue weighted by molar-refractivity contribution is 6.02. The van der Waals surface area contributed by atoms with Crippen LogP contribution in [0.3, 0.4) is 0 Å². The summed E-state index contributed by atoms with van der Waals surface area (Å²) in [4.78, 5) is 39.5. The van der Waals surface area contributed by atoms with Crippen LogP contribution in [-0.4, -0.2) is 58.5 Å². The molecule has 10 heteroatoms. The molecule has 0 saturated heterocycles. The van der Waals surface area contributed by atoms with Gasteiger partial charge in [-0.25, -0.2) is 4.68 Å². The molecule has 3 amide bonds. The Morgan fingerprint density at radius 3 is 2.30 bits per heavy atom. The van der Waals surface area contributed by atoms with Crippen molar-refractivity contribution in [2.24, 2.45) is 0 Å². The third-order valence-corrected chi connectivity index (χ3v) is 6.49. The number of rotatable bonds is 9. The van der Waals surface area contributed by atoms with Crippen LogP contribution in [0, 0.1) is 0 Å². The summed E-state index contributed by atoms with van der Waals surface area (Å²) < 4.78 is 7.33. The fourth-order valence-electron chi connectivity index (χ4n) is 4.63. The van der Waals surface area contributed by atoms with E-state index in [1.165, 1.54) is 0 Å². The van der Waals surface area contributed by atoms with Gasteiger partial charge in [-0.3, -0.25) is 14.4 Å². The van der Waals surface area contributed by atoms with E-state index in [0.717, 1.165) is 33.8 Å². The number of nitrogens with one attached hydrogen (secondary N) is 2. The molecular weight excluding hydrogens is 508 g/mol. The maximum absolute atomic E-state index is 13.6. The Bertz CT molecular complexity index is 1370. The van der Waals surface area contributed by atoms with Gasteiger partial charge in [0.05, 0.1) is 43.2 Å². The number of carbonyl (C=O) groups is 3. The number of anilines is 1. The summed E-state index contributed by atoms with van der Waals surface area (Å²) in [6.07, 6.45) is 0.331. The second-order valence-electron chi connectivity index (χ2n) is 11.1. The molecule has 0 bridgehead atoms. The summed E-state index contributed by atoms with van der Waals surface area (Å²) in [5.41, 5.74) is 4.72. The van der Waals surface area contributed by atoms with Crippen LogP contribution >= 0.6 is 0 Å². The Labute approximate surface area is 235 Å². The summed E-state index contributed by atoms with van der Waals surface area (Å²) in [5, 5.41) is 14.6. The lowest BCUT2D eigenvalue weighted by atomic mass is 9.94. The summed E-state index contributed by atoms with van der Waals surface area (Å²) in [5.74, 6) is -0.619. The molecule has 0 aliphatic carbocycles. The highest BCUT2D eigenvalue weighted by Crippen LogP contribution is 2.42. The SMILES string of the molecule is CC(C)NC(=O)CCOCCC(=O)NCC(=O)N1Cc2ccccc2-c2nnn(C(C)(C)C)c2-c2ccccc21. The van der Waals surface area contributed by atoms with Crippen molar-refractivity contribution in [3.8, 4) is 22.5 Å². The number of benzene rings is 2. The molecule has 1 aliphatic rings. The average Bonchev–Trinajstić information content (AvgIpc) is 3.34. The maximum Gasteiger partial charge on any atom is 0.246 e. The third kappa shape index (κ3) is 6.74. The van der Waals surface area contributed by atoms with Gasteiger partial charge >= 0.3 is 0 Å². The van der Waals surface area contributed by atoms with Crippen LogP contribution < -0.4 is 15.5 Å². The normalized spacial score (nSPS) is 12.6. The van der Waals surface area contributed by atoms with Crippen LogP contribution in [0.15, 0.2) is 48.5 Å². The Hall–Kier alpha value is -4.05. The quantitative estimate of drug-likeness (QED) is 0.396. The molecule has 2 aromatic carbocycles. The lowest BCUT2D eigenvalue weighted by Gasteiger charge is -2.30. The number of fused-ring (bicyclic) bond motifs is 5. The van der Waals surface area contributed by atoms with Crippen molar-refractivity contribution in [2.75, 3.05) is 24.7 Å². The minimum atomic E-state index is -0.342. The minimum absolute atomic E-state index is 0.0733. The zero-order valence-electron chi connectivity index (χ0n) is 23.9. The molecule has 0 saturated carbocycles. The van der Waals surface area contributed by atoms with Gasteiger partial charge in [0.1, 0.15) is 5.69 Å². The van der Waals surface area contributed by atoms with E-state index in [2.05, 4.69) is 41.7 Å². The number of amides is 3. The monoisotopic (exact) mass is 546 g/mol. The van der Waals surface area contributed by atoms with Crippen molar-refractivity contribution in [1.82, 2.24) is 25.6 Å². The molecule has 212 valence electrons. The molecule has 0 unspecified atom stereocenters. The summed E-state index contributed by atoms with van der Waals surface area (Å²) in [6, 6.07) is 15.7. The number of carbonyl (C=O) groups excluding carboxylic acids is 3. The summed E-state index contributed by atoms with van der Waals surface area (Å²) >= 11 is 0. The Balaban J connectivity index is 1.49. The zero-order valence-corrected chi connectivity index (χ0v) is 23.9. The molecule has 0 fully saturated rings. The lowest BCUT2D eigenvalue weighted by molar-refractivity contribution is -0.126. The molecule has 0 radical (unpaired) electrons. The fourth-order valence-corrected chi connectivity index (χ4v) is 4.63. The van der Waals surface area contributed by atoms with Gasteiger partial charge in [0.25, 0.3) is 0 Å². The summed E-state index contributed by atoms with van der Waals surface area (Å²) in [6.45, 7) is 10.6. The number of para-hydroxylation sites is 1. The molecule has 0 atom stereocenters.